The van der Waals surface area contributed by atoms with Gasteiger partial charge in [-0.2, -0.15) is 0 Å². The molecule has 110 valence electrons. The second-order valence-corrected chi connectivity index (χ2v) is 5.42. The lowest BCUT2D eigenvalue weighted by Gasteiger charge is -2.16. The summed E-state index contributed by atoms with van der Waals surface area (Å²) in [5.74, 6) is 0.746. The molecular weight excluding hydrogens is 336 g/mol. The van der Waals surface area contributed by atoms with Crippen molar-refractivity contribution in [3.05, 3.63) is 62.6 Å². The third-order valence-corrected chi connectivity index (χ3v) is 3.79. The summed E-state index contributed by atoms with van der Waals surface area (Å²) >= 11 is 3.41. The van der Waals surface area contributed by atoms with E-state index in [9.17, 15) is 10.1 Å². The van der Waals surface area contributed by atoms with Crippen LogP contribution in [0.15, 0.2) is 46.9 Å². The van der Waals surface area contributed by atoms with Gasteiger partial charge in [-0.15, -0.1) is 0 Å². The fourth-order valence-corrected chi connectivity index (χ4v) is 2.38. The normalized spacial score (nSPS) is 11.8. The van der Waals surface area contributed by atoms with Crippen LogP contribution in [0.2, 0.25) is 0 Å². The zero-order valence-electron chi connectivity index (χ0n) is 11.7. The van der Waals surface area contributed by atoms with Gasteiger partial charge < -0.3 is 10.1 Å². The van der Waals surface area contributed by atoms with Gasteiger partial charge >= 0.3 is 0 Å². The van der Waals surface area contributed by atoms with Crippen molar-refractivity contribution in [2.45, 2.75) is 13.0 Å². The maximum absolute atomic E-state index is 10.6. The monoisotopic (exact) mass is 350 g/mol. The van der Waals surface area contributed by atoms with Gasteiger partial charge in [0.25, 0.3) is 5.69 Å². The van der Waals surface area contributed by atoms with Gasteiger partial charge in [0, 0.05) is 29.9 Å². The van der Waals surface area contributed by atoms with E-state index in [1.807, 2.05) is 25.1 Å². The Balaban J connectivity index is 2.13. The Morgan fingerprint density at radius 3 is 2.48 bits per heavy atom. The van der Waals surface area contributed by atoms with Gasteiger partial charge in [-0.3, -0.25) is 10.1 Å². The smallest absolute Gasteiger partial charge is 0.269 e. The number of rotatable bonds is 5. The molecule has 2 aromatic rings. The minimum Gasteiger partial charge on any atom is -0.495 e. The molecule has 0 radical (unpaired) electrons. The number of non-ortho nitro benzene ring substituents is 1. The Labute approximate surface area is 131 Å². The molecule has 0 saturated heterocycles. The Morgan fingerprint density at radius 2 is 1.90 bits per heavy atom. The van der Waals surface area contributed by atoms with Crippen LogP contribution in [0.3, 0.4) is 0 Å². The van der Waals surface area contributed by atoms with Crippen LogP contribution in [-0.4, -0.2) is 12.0 Å². The predicted molar refractivity (Wildman–Crippen MR) is 85.8 cm³/mol. The highest BCUT2D eigenvalue weighted by Gasteiger charge is 2.10. The number of nitrogens with zero attached hydrogens (tertiary/aromatic N) is 1. The number of hydrogen-bond donors (Lipinski definition) is 1. The van der Waals surface area contributed by atoms with Crippen molar-refractivity contribution < 1.29 is 9.66 Å². The molecule has 0 amide bonds. The highest BCUT2D eigenvalue weighted by molar-refractivity contribution is 9.10. The van der Waals surface area contributed by atoms with Crippen molar-refractivity contribution in [3.8, 4) is 5.75 Å². The van der Waals surface area contributed by atoms with Gasteiger partial charge in [0.1, 0.15) is 5.75 Å². The highest BCUT2D eigenvalue weighted by Crippen LogP contribution is 2.30. The SMILES string of the molecule is COc1cc(NC(C)c2ccc([N+](=O)[O-])cc2)ccc1Br. The molecule has 0 aliphatic heterocycles. The summed E-state index contributed by atoms with van der Waals surface area (Å²) < 4.78 is 6.14. The van der Waals surface area contributed by atoms with Crippen molar-refractivity contribution in [1.29, 1.82) is 0 Å². The Bertz CT molecular complexity index is 644. The van der Waals surface area contributed by atoms with Crippen LogP contribution in [0.4, 0.5) is 11.4 Å². The van der Waals surface area contributed by atoms with E-state index in [2.05, 4.69) is 21.2 Å². The van der Waals surface area contributed by atoms with Crippen LogP contribution in [0.25, 0.3) is 0 Å². The van der Waals surface area contributed by atoms with Gasteiger partial charge in [0.05, 0.1) is 16.5 Å². The van der Waals surface area contributed by atoms with E-state index < -0.39 is 4.92 Å². The average Bonchev–Trinajstić information content (AvgIpc) is 2.49. The minimum atomic E-state index is -0.401. The molecule has 21 heavy (non-hydrogen) atoms. The maximum Gasteiger partial charge on any atom is 0.269 e. The van der Waals surface area contributed by atoms with Crippen LogP contribution < -0.4 is 10.1 Å². The zero-order valence-corrected chi connectivity index (χ0v) is 13.3. The summed E-state index contributed by atoms with van der Waals surface area (Å²) in [5.41, 5.74) is 1.99. The van der Waals surface area contributed by atoms with Crippen molar-refractivity contribution in [2.24, 2.45) is 0 Å². The molecule has 1 unspecified atom stereocenters. The summed E-state index contributed by atoms with van der Waals surface area (Å²) in [7, 11) is 1.61. The number of nitro benzene ring substituents is 1. The van der Waals surface area contributed by atoms with Crippen molar-refractivity contribution in [2.75, 3.05) is 12.4 Å². The van der Waals surface area contributed by atoms with Crippen molar-refractivity contribution in [3.63, 3.8) is 0 Å². The van der Waals surface area contributed by atoms with Gasteiger partial charge in [-0.25, -0.2) is 0 Å². The van der Waals surface area contributed by atoms with Crippen LogP contribution in [-0.2, 0) is 0 Å². The molecule has 0 fully saturated rings. The Kier molecular flexibility index (Phi) is 4.80. The van der Waals surface area contributed by atoms with E-state index in [0.29, 0.717) is 0 Å². The maximum atomic E-state index is 10.6. The number of anilines is 1. The van der Waals surface area contributed by atoms with E-state index in [0.717, 1.165) is 21.5 Å². The van der Waals surface area contributed by atoms with Gasteiger partial charge in [-0.1, -0.05) is 12.1 Å². The van der Waals surface area contributed by atoms with Crippen LogP contribution in [0.5, 0.6) is 5.75 Å². The molecule has 0 aromatic heterocycles. The number of benzene rings is 2. The highest BCUT2D eigenvalue weighted by atomic mass is 79.9. The van der Waals surface area contributed by atoms with E-state index >= 15 is 0 Å². The molecule has 2 rings (SSSR count). The molecule has 5 nitrogen and oxygen atoms in total. The fraction of sp³-hybridized carbons (Fsp3) is 0.200. The number of ether oxygens (including phenoxy) is 1. The fourth-order valence-electron chi connectivity index (χ4n) is 1.97. The molecule has 2 aromatic carbocycles. The van der Waals surface area contributed by atoms with E-state index in [-0.39, 0.29) is 11.7 Å². The summed E-state index contributed by atoms with van der Waals surface area (Å²) in [6.07, 6.45) is 0. The van der Waals surface area contributed by atoms with E-state index in [4.69, 9.17) is 4.74 Å². The molecule has 0 aliphatic carbocycles. The summed E-state index contributed by atoms with van der Waals surface area (Å²) in [6, 6.07) is 12.3. The molecule has 0 saturated carbocycles. The lowest BCUT2D eigenvalue weighted by atomic mass is 10.1. The molecule has 0 spiro atoms. The molecule has 6 heteroatoms. The first kappa shape index (κ1) is 15.3. The lowest BCUT2D eigenvalue weighted by molar-refractivity contribution is -0.384. The standard InChI is InChI=1S/C15H15BrN2O3/c1-10(11-3-6-13(7-4-11)18(19)20)17-12-5-8-14(16)15(9-12)21-2/h3-10,17H,1-2H3. The van der Waals surface area contributed by atoms with Gasteiger partial charge in [0.15, 0.2) is 0 Å². The van der Waals surface area contributed by atoms with Crippen LogP contribution in [0, 0.1) is 10.1 Å². The van der Waals surface area contributed by atoms with Crippen molar-refractivity contribution >= 4 is 27.3 Å². The first-order valence-corrected chi connectivity index (χ1v) is 7.15. The number of hydrogen-bond acceptors (Lipinski definition) is 4. The Hall–Kier alpha value is -2.08. The largest absolute Gasteiger partial charge is 0.495 e. The number of methoxy groups -OCH3 is 1. The average molecular weight is 351 g/mol. The molecule has 1 atom stereocenters. The van der Waals surface area contributed by atoms with E-state index in [1.165, 1.54) is 12.1 Å². The minimum absolute atomic E-state index is 0.0247. The molecule has 0 heterocycles. The Morgan fingerprint density at radius 1 is 1.24 bits per heavy atom. The van der Waals surface area contributed by atoms with Crippen LogP contribution >= 0.6 is 15.9 Å². The first-order valence-electron chi connectivity index (χ1n) is 6.35. The second kappa shape index (κ2) is 6.58. The summed E-state index contributed by atoms with van der Waals surface area (Å²) in [4.78, 5) is 10.2. The third kappa shape index (κ3) is 3.72. The number of halogens is 1. The van der Waals surface area contributed by atoms with Gasteiger partial charge in [-0.05, 0) is 40.5 Å². The number of nitrogens with one attached hydrogen (secondary N) is 1. The zero-order chi connectivity index (χ0) is 15.4. The number of nitro groups is 1. The second-order valence-electron chi connectivity index (χ2n) is 4.56. The molecular formula is C15H15BrN2O3. The lowest BCUT2D eigenvalue weighted by Crippen LogP contribution is -2.06. The predicted octanol–water partition coefficient (Wildman–Crippen LogP) is 4.54. The quantitative estimate of drug-likeness (QED) is 0.635. The van der Waals surface area contributed by atoms with E-state index in [1.54, 1.807) is 19.2 Å². The van der Waals surface area contributed by atoms with Crippen LogP contribution in [0.1, 0.15) is 18.5 Å². The van der Waals surface area contributed by atoms with Crippen molar-refractivity contribution in [1.82, 2.24) is 0 Å². The molecule has 1 N–H and O–H groups in total. The van der Waals surface area contributed by atoms with Gasteiger partial charge in [0.2, 0.25) is 0 Å². The first-order chi connectivity index (χ1) is 10.0. The molecule has 0 aliphatic rings. The topological polar surface area (TPSA) is 64.4 Å². The third-order valence-electron chi connectivity index (χ3n) is 3.14. The summed E-state index contributed by atoms with van der Waals surface area (Å²) in [6.45, 7) is 2.00. The summed E-state index contributed by atoms with van der Waals surface area (Å²) in [5, 5.41) is 14.0. The molecule has 0 bridgehead atoms.